The van der Waals surface area contributed by atoms with E-state index in [1.807, 2.05) is 34.1 Å². The Kier molecular flexibility index (Phi) is 6.10. The van der Waals surface area contributed by atoms with E-state index < -0.39 is 9.84 Å². The lowest BCUT2D eigenvalue weighted by molar-refractivity contribution is -0.137. The van der Waals surface area contributed by atoms with Crippen molar-refractivity contribution in [3.8, 4) is 0 Å². The fourth-order valence-corrected chi connectivity index (χ4v) is 6.28. The van der Waals surface area contributed by atoms with Gasteiger partial charge < -0.3 is 13.7 Å². The highest BCUT2D eigenvalue weighted by atomic mass is 32.2. The number of furan rings is 2. The van der Waals surface area contributed by atoms with Crippen molar-refractivity contribution in [3.63, 3.8) is 0 Å². The number of nitrogens with zero attached hydrogens (tertiary/aromatic N) is 2. The van der Waals surface area contributed by atoms with Crippen LogP contribution >= 0.6 is 0 Å². The number of amides is 1. The van der Waals surface area contributed by atoms with Crippen LogP contribution in [-0.4, -0.2) is 54.3 Å². The van der Waals surface area contributed by atoms with Crippen LogP contribution in [0.2, 0.25) is 0 Å². The molecule has 0 N–H and O–H groups in total. The van der Waals surface area contributed by atoms with Crippen LogP contribution in [0.1, 0.15) is 43.6 Å². The molecule has 2 aromatic rings. The van der Waals surface area contributed by atoms with Crippen molar-refractivity contribution >= 4 is 15.7 Å². The minimum absolute atomic E-state index is 0.00267. The zero-order valence-electron chi connectivity index (χ0n) is 16.5. The van der Waals surface area contributed by atoms with Crippen molar-refractivity contribution in [2.75, 3.05) is 18.1 Å². The van der Waals surface area contributed by atoms with Crippen LogP contribution in [0.3, 0.4) is 0 Å². The quantitative estimate of drug-likeness (QED) is 0.653. The molecular weight excluding hydrogens is 392 g/mol. The van der Waals surface area contributed by atoms with Crippen LogP contribution in [0.25, 0.3) is 0 Å². The molecule has 7 nitrogen and oxygen atoms in total. The Morgan fingerprint density at radius 3 is 2.07 bits per heavy atom. The van der Waals surface area contributed by atoms with Crippen molar-refractivity contribution in [3.05, 3.63) is 48.3 Å². The van der Waals surface area contributed by atoms with Crippen LogP contribution in [-0.2, 0) is 27.7 Å². The van der Waals surface area contributed by atoms with Gasteiger partial charge in [0.15, 0.2) is 9.84 Å². The zero-order valence-corrected chi connectivity index (χ0v) is 17.4. The number of rotatable bonds is 8. The Bertz CT molecular complexity index is 849. The summed E-state index contributed by atoms with van der Waals surface area (Å²) in [6, 6.07) is 7.38. The lowest BCUT2D eigenvalue weighted by Gasteiger charge is -2.35. The first kappa shape index (κ1) is 20.2. The maximum absolute atomic E-state index is 13.4. The van der Waals surface area contributed by atoms with E-state index in [-0.39, 0.29) is 36.0 Å². The number of carbonyl (C=O) groups excluding carboxylic acids is 1. The van der Waals surface area contributed by atoms with Crippen LogP contribution in [0.4, 0.5) is 0 Å². The Morgan fingerprint density at radius 1 is 0.966 bits per heavy atom. The average molecular weight is 421 g/mol. The lowest BCUT2D eigenvalue weighted by Crippen LogP contribution is -2.50. The molecule has 0 aromatic carbocycles. The van der Waals surface area contributed by atoms with Gasteiger partial charge in [0.05, 0.1) is 43.7 Å². The third-order valence-electron chi connectivity index (χ3n) is 5.89. The highest BCUT2D eigenvalue weighted by molar-refractivity contribution is 7.91. The van der Waals surface area contributed by atoms with E-state index in [1.165, 1.54) is 0 Å². The first-order chi connectivity index (χ1) is 14.0. The molecule has 1 amide bonds. The van der Waals surface area contributed by atoms with E-state index in [2.05, 4.69) is 0 Å². The smallest absolute Gasteiger partial charge is 0.237 e. The van der Waals surface area contributed by atoms with Crippen molar-refractivity contribution in [1.29, 1.82) is 0 Å². The second-order valence-corrected chi connectivity index (χ2v) is 10.3. The molecule has 0 spiro atoms. The third-order valence-corrected chi connectivity index (χ3v) is 7.64. The summed E-state index contributed by atoms with van der Waals surface area (Å²) in [6.45, 7) is 1.18. The number of hydrogen-bond donors (Lipinski definition) is 0. The van der Waals surface area contributed by atoms with Gasteiger partial charge in [0.1, 0.15) is 11.5 Å². The van der Waals surface area contributed by atoms with Crippen molar-refractivity contribution < 1.29 is 22.0 Å². The van der Waals surface area contributed by atoms with E-state index in [4.69, 9.17) is 8.83 Å². The average Bonchev–Trinajstić information content (AvgIpc) is 3.44. The molecule has 158 valence electrons. The van der Waals surface area contributed by atoms with Gasteiger partial charge >= 0.3 is 0 Å². The number of sulfone groups is 1. The Labute approximate surface area is 171 Å². The van der Waals surface area contributed by atoms with Gasteiger partial charge in [-0.3, -0.25) is 9.69 Å². The van der Waals surface area contributed by atoms with E-state index in [0.29, 0.717) is 19.5 Å². The first-order valence-electron chi connectivity index (χ1n) is 10.3. The largest absolute Gasteiger partial charge is 0.468 e. The van der Waals surface area contributed by atoms with Crippen molar-refractivity contribution in [2.24, 2.45) is 0 Å². The van der Waals surface area contributed by atoms with Crippen LogP contribution in [0.15, 0.2) is 45.6 Å². The topological polar surface area (TPSA) is 84.0 Å². The molecule has 0 bridgehead atoms. The van der Waals surface area contributed by atoms with Gasteiger partial charge in [0, 0.05) is 12.1 Å². The molecule has 3 heterocycles. The maximum Gasteiger partial charge on any atom is 0.237 e. The number of carbonyl (C=O) groups is 1. The summed E-state index contributed by atoms with van der Waals surface area (Å²) < 4.78 is 35.1. The highest BCUT2D eigenvalue weighted by Crippen LogP contribution is 2.29. The third kappa shape index (κ3) is 5.11. The fourth-order valence-electron chi connectivity index (χ4n) is 4.57. The second-order valence-electron chi connectivity index (χ2n) is 8.10. The summed E-state index contributed by atoms with van der Waals surface area (Å²) in [5.41, 5.74) is 0. The van der Waals surface area contributed by atoms with Gasteiger partial charge in [0.25, 0.3) is 0 Å². The van der Waals surface area contributed by atoms with Crippen LogP contribution in [0, 0.1) is 0 Å². The molecule has 1 unspecified atom stereocenters. The number of hydrogen-bond acceptors (Lipinski definition) is 6. The van der Waals surface area contributed by atoms with Gasteiger partial charge in [-0.1, -0.05) is 12.8 Å². The van der Waals surface area contributed by atoms with Crippen molar-refractivity contribution in [1.82, 2.24) is 9.80 Å². The predicted molar refractivity (Wildman–Crippen MR) is 108 cm³/mol. The molecule has 8 heteroatoms. The molecule has 2 aromatic heterocycles. The van der Waals surface area contributed by atoms with E-state index >= 15 is 0 Å². The maximum atomic E-state index is 13.4. The molecule has 1 saturated carbocycles. The van der Waals surface area contributed by atoms with Crippen LogP contribution < -0.4 is 0 Å². The molecule has 1 aliphatic heterocycles. The molecule has 4 rings (SSSR count). The summed E-state index contributed by atoms with van der Waals surface area (Å²) in [5, 5.41) is 0. The van der Waals surface area contributed by atoms with Crippen LogP contribution in [0.5, 0.6) is 0 Å². The molecule has 2 fully saturated rings. The predicted octanol–water partition coefficient (Wildman–Crippen LogP) is 2.83. The van der Waals surface area contributed by atoms with Crippen molar-refractivity contribution in [2.45, 2.75) is 57.3 Å². The molecular formula is C21H28N2O5S. The Morgan fingerprint density at radius 2 is 1.59 bits per heavy atom. The minimum atomic E-state index is -3.05. The Hall–Kier alpha value is -2.06. The van der Waals surface area contributed by atoms with Gasteiger partial charge in [-0.2, -0.15) is 0 Å². The van der Waals surface area contributed by atoms with Gasteiger partial charge in [-0.15, -0.1) is 0 Å². The SMILES string of the molecule is O=C(CN(Cc1ccco1)Cc1ccco1)N(C1CCCC1)C1CCS(=O)(=O)C1. The standard InChI is InChI=1S/C21H28N2O5S/c24-21(23(17-5-1-2-6-17)18-9-12-29(25,26)16-18)15-22(13-19-7-3-10-27-19)14-20-8-4-11-28-20/h3-4,7-8,10-11,17-18H,1-2,5-6,9,12-16H2. The zero-order chi connectivity index (χ0) is 20.3. The normalized spacial score (nSPS) is 21.8. The summed E-state index contributed by atoms with van der Waals surface area (Å²) in [7, 11) is -3.05. The van der Waals surface area contributed by atoms with Gasteiger partial charge in [-0.05, 0) is 43.5 Å². The highest BCUT2D eigenvalue weighted by Gasteiger charge is 2.39. The van der Waals surface area contributed by atoms with E-state index in [0.717, 1.165) is 37.2 Å². The van der Waals surface area contributed by atoms with E-state index in [9.17, 15) is 13.2 Å². The summed E-state index contributed by atoms with van der Waals surface area (Å²) in [6.07, 6.45) is 7.89. The lowest BCUT2D eigenvalue weighted by atomic mass is 10.1. The monoisotopic (exact) mass is 420 g/mol. The molecule has 29 heavy (non-hydrogen) atoms. The summed E-state index contributed by atoms with van der Waals surface area (Å²) >= 11 is 0. The van der Waals surface area contributed by atoms with Gasteiger partial charge in [-0.25, -0.2) is 8.42 Å². The summed E-state index contributed by atoms with van der Waals surface area (Å²) in [5.74, 6) is 1.82. The molecule has 1 aliphatic carbocycles. The molecule has 1 saturated heterocycles. The fraction of sp³-hybridized carbons (Fsp3) is 0.571. The van der Waals surface area contributed by atoms with Gasteiger partial charge in [0.2, 0.25) is 5.91 Å². The molecule has 0 radical (unpaired) electrons. The van der Waals surface area contributed by atoms with E-state index in [1.54, 1.807) is 12.5 Å². The minimum Gasteiger partial charge on any atom is -0.468 e. The molecule has 1 atom stereocenters. The second kappa shape index (κ2) is 8.75. The Balaban J connectivity index is 1.51. The summed E-state index contributed by atoms with van der Waals surface area (Å²) in [4.78, 5) is 17.3. The first-order valence-corrected chi connectivity index (χ1v) is 12.1. The molecule has 2 aliphatic rings.